The Hall–Kier alpha value is -3.63. The smallest absolute Gasteiger partial charge is 0.387 e. The number of nitrogens with zero attached hydrogens (tertiary/aromatic N) is 5. The molecular formula is C16H15F2N7O2. The average molecular weight is 378 g/mol. The third-order valence-electron chi connectivity index (χ3n) is 3.38. The van der Waals surface area contributed by atoms with Gasteiger partial charge in [-0.3, -0.25) is 9.48 Å². The van der Waals surface area contributed by atoms with E-state index in [-0.39, 0.29) is 34.2 Å². The number of carbonyl (C=O) groups is 1. The van der Waals surface area contributed by atoms with Gasteiger partial charge in [-0.1, -0.05) is 6.07 Å². The zero-order valence-electron chi connectivity index (χ0n) is 16.8. The summed E-state index contributed by atoms with van der Waals surface area (Å²) >= 11 is 0. The number of nitrogens with one attached hydrogen (secondary N) is 2. The molecule has 2 aromatic heterocycles. The van der Waals surface area contributed by atoms with E-state index < -0.39 is 19.5 Å². The molecular weight excluding hydrogens is 360 g/mol. The lowest BCUT2D eigenvalue weighted by Gasteiger charge is -2.16. The van der Waals surface area contributed by atoms with Crippen LogP contribution < -0.4 is 15.4 Å². The van der Waals surface area contributed by atoms with Gasteiger partial charge in [0, 0.05) is 18.1 Å². The Morgan fingerprint density at radius 3 is 2.89 bits per heavy atom. The van der Waals surface area contributed by atoms with Crippen molar-refractivity contribution in [3.05, 3.63) is 42.5 Å². The van der Waals surface area contributed by atoms with E-state index in [4.69, 9.17) is 4.11 Å². The first-order valence-electron chi connectivity index (χ1n) is 8.99. The molecule has 3 rings (SSSR count). The van der Waals surface area contributed by atoms with Crippen LogP contribution in [0.25, 0.3) is 11.4 Å². The van der Waals surface area contributed by atoms with E-state index in [1.165, 1.54) is 35.4 Å². The van der Waals surface area contributed by atoms with Gasteiger partial charge in [0.05, 0.1) is 23.1 Å². The topological polar surface area (TPSA) is 107 Å². The summed E-state index contributed by atoms with van der Waals surface area (Å²) in [5, 5.41) is 15.9. The van der Waals surface area contributed by atoms with Crippen molar-refractivity contribution in [1.29, 1.82) is 0 Å². The Morgan fingerprint density at radius 1 is 1.33 bits per heavy atom. The van der Waals surface area contributed by atoms with E-state index in [0.29, 0.717) is 0 Å². The molecule has 0 saturated carbocycles. The van der Waals surface area contributed by atoms with E-state index in [2.05, 4.69) is 30.3 Å². The van der Waals surface area contributed by atoms with Gasteiger partial charge in [0.2, 0.25) is 0 Å². The van der Waals surface area contributed by atoms with Crippen LogP contribution in [0.3, 0.4) is 0 Å². The van der Waals surface area contributed by atoms with Crippen LogP contribution in [0.4, 0.5) is 20.2 Å². The zero-order valence-corrected chi connectivity index (χ0v) is 13.8. The second-order valence-corrected chi connectivity index (χ2v) is 5.18. The monoisotopic (exact) mass is 378 g/mol. The molecule has 0 saturated heterocycles. The predicted molar refractivity (Wildman–Crippen MR) is 91.8 cm³/mol. The van der Waals surface area contributed by atoms with Crippen molar-refractivity contribution < 1.29 is 22.4 Å². The number of anilines is 2. The molecule has 0 fully saturated rings. The van der Waals surface area contributed by atoms with Gasteiger partial charge in [0.1, 0.15) is 6.33 Å². The molecule has 0 aliphatic rings. The van der Waals surface area contributed by atoms with Crippen LogP contribution in [0.5, 0.6) is 5.75 Å². The van der Waals surface area contributed by atoms with Crippen molar-refractivity contribution in [3.8, 4) is 17.1 Å². The number of aryl methyl sites for hydroxylation is 1. The van der Waals surface area contributed by atoms with Crippen molar-refractivity contribution in [2.75, 3.05) is 12.3 Å². The number of aromatic nitrogens is 5. The maximum absolute atomic E-state index is 13.1. The quantitative estimate of drug-likeness (QED) is 0.675. The fourth-order valence-corrected chi connectivity index (χ4v) is 2.29. The van der Waals surface area contributed by atoms with Gasteiger partial charge in [0.25, 0.3) is 5.91 Å². The van der Waals surface area contributed by atoms with Crippen molar-refractivity contribution in [2.45, 2.75) is 6.61 Å². The van der Waals surface area contributed by atoms with Crippen LogP contribution in [-0.2, 0) is 7.05 Å². The van der Waals surface area contributed by atoms with Crippen molar-refractivity contribution >= 4 is 17.3 Å². The highest BCUT2D eigenvalue weighted by Crippen LogP contribution is 2.37. The molecule has 2 heterocycles. The number of benzene rings is 1. The molecule has 0 aliphatic heterocycles. The van der Waals surface area contributed by atoms with Gasteiger partial charge in [-0.2, -0.15) is 19.0 Å². The summed E-state index contributed by atoms with van der Waals surface area (Å²) in [7, 11) is 1.62. The summed E-state index contributed by atoms with van der Waals surface area (Å²) in [6, 6.07) is 5.80. The van der Waals surface area contributed by atoms with Crippen LogP contribution in [0.2, 0.25) is 0 Å². The Balaban J connectivity index is 2.02. The number of hydrogen-bond acceptors (Lipinski definition) is 7. The molecule has 2 N–H and O–H groups in total. The first-order chi connectivity index (χ1) is 14.1. The lowest BCUT2D eigenvalue weighted by molar-refractivity contribution is -0.0489. The number of amides is 1. The highest BCUT2D eigenvalue weighted by Gasteiger charge is 2.20. The SMILES string of the molecule is [2H]C([2H])([2H])NC(=O)c1nnccc1Nc1cccc(-c2ncn(C)n2)c1OC(F)F. The summed E-state index contributed by atoms with van der Waals surface area (Å²) in [6.07, 6.45) is 2.64. The number of alkyl halides is 2. The Kier molecular flexibility index (Phi) is 4.16. The molecule has 0 atom stereocenters. The number of rotatable bonds is 6. The molecule has 0 radical (unpaired) electrons. The lowest BCUT2D eigenvalue weighted by Crippen LogP contribution is -2.21. The number of para-hydroxylation sites is 1. The highest BCUT2D eigenvalue weighted by molar-refractivity contribution is 5.98. The fourth-order valence-electron chi connectivity index (χ4n) is 2.29. The zero-order chi connectivity index (χ0) is 21.9. The molecule has 11 heteroatoms. The van der Waals surface area contributed by atoms with E-state index in [1.807, 2.05) is 0 Å². The minimum absolute atomic E-state index is 0.0250. The minimum Gasteiger partial charge on any atom is -0.432 e. The standard InChI is InChI=1S/C16H15F2N7O2/c1-19-15(26)12-10(6-7-21-23-12)22-11-5-3-4-9(13(11)27-16(17)18)14-20-8-25(2)24-14/h3-8,16H,1-2H3,(H,19,26)(H,21,22)/i1D3. The van der Waals surface area contributed by atoms with E-state index in [0.717, 1.165) is 0 Å². The largest absolute Gasteiger partial charge is 0.432 e. The van der Waals surface area contributed by atoms with Gasteiger partial charge < -0.3 is 15.4 Å². The summed E-state index contributed by atoms with van der Waals surface area (Å²) in [5.41, 5.74) is -0.0948. The van der Waals surface area contributed by atoms with E-state index in [9.17, 15) is 13.6 Å². The molecule has 0 unspecified atom stereocenters. The fraction of sp³-hybridized carbons (Fsp3) is 0.188. The first kappa shape index (κ1) is 14.5. The van der Waals surface area contributed by atoms with Gasteiger partial charge in [-0.15, -0.1) is 5.10 Å². The molecule has 0 bridgehead atoms. The molecule has 3 aromatic rings. The molecule has 0 aliphatic carbocycles. The highest BCUT2D eigenvalue weighted by atomic mass is 19.3. The van der Waals surface area contributed by atoms with Gasteiger partial charge in [-0.05, 0) is 18.2 Å². The summed E-state index contributed by atoms with van der Waals surface area (Å²) in [5.74, 6) is -1.15. The number of carbonyl (C=O) groups excluding carboxylic acids is 1. The number of halogens is 2. The number of hydrogen-bond donors (Lipinski definition) is 2. The van der Waals surface area contributed by atoms with E-state index >= 15 is 0 Å². The summed E-state index contributed by atoms with van der Waals surface area (Å²) in [4.78, 5) is 16.3. The van der Waals surface area contributed by atoms with Gasteiger partial charge in [-0.25, -0.2) is 4.98 Å². The molecule has 0 spiro atoms. The van der Waals surface area contributed by atoms with E-state index in [1.54, 1.807) is 18.4 Å². The third kappa shape index (κ3) is 3.97. The second-order valence-electron chi connectivity index (χ2n) is 5.18. The van der Waals surface area contributed by atoms with Crippen LogP contribution in [0, 0.1) is 0 Å². The average Bonchev–Trinajstić information content (AvgIpc) is 3.08. The normalized spacial score (nSPS) is 12.8. The predicted octanol–water partition coefficient (Wildman–Crippen LogP) is 1.98. The van der Waals surface area contributed by atoms with Crippen LogP contribution >= 0.6 is 0 Å². The Morgan fingerprint density at radius 2 is 2.19 bits per heavy atom. The first-order valence-corrected chi connectivity index (χ1v) is 7.49. The minimum atomic E-state index is -3.15. The Labute approximate surface area is 156 Å². The van der Waals surface area contributed by atoms with Crippen molar-refractivity contribution in [1.82, 2.24) is 30.3 Å². The molecule has 9 nitrogen and oxygen atoms in total. The van der Waals surface area contributed by atoms with Crippen LogP contribution in [-0.4, -0.2) is 44.5 Å². The third-order valence-corrected chi connectivity index (χ3v) is 3.38. The molecule has 140 valence electrons. The second kappa shape index (κ2) is 7.72. The summed E-state index contributed by atoms with van der Waals surface area (Å²) < 4.78 is 53.7. The Bertz CT molecular complexity index is 1060. The van der Waals surface area contributed by atoms with Gasteiger partial charge >= 0.3 is 6.61 Å². The van der Waals surface area contributed by atoms with Gasteiger partial charge in [0.15, 0.2) is 17.3 Å². The maximum atomic E-state index is 13.1. The van der Waals surface area contributed by atoms with Crippen LogP contribution in [0.1, 0.15) is 14.6 Å². The maximum Gasteiger partial charge on any atom is 0.387 e. The molecule has 1 aromatic carbocycles. The summed E-state index contributed by atoms with van der Waals surface area (Å²) in [6.45, 7) is -5.90. The lowest BCUT2D eigenvalue weighted by atomic mass is 10.1. The molecule has 1 amide bonds. The molecule has 27 heavy (non-hydrogen) atoms. The van der Waals surface area contributed by atoms with Crippen molar-refractivity contribution in [2.24, 2.45) is 7.05 Å². The van der Waals surface area contributed by atoms with Crippen molar-refractivity contribution in [3.63, 3.8) is 0 Å². The number of ether oxygens (including phenoxy) is 1. The van der Waals surface area contributed by atoms with Crippen LogP contribution in [0.15, 0.2) is 36.8 Å².